The summed E-state index contributed by atoms with van der Waals surface area (Å²) in [6, 6.07) is 4.15. The molecule has 0 radical (unpaired) electrons. The predicted octanol–water partition coefficient (Wildman–Crippen LogP) is 2.40. The van der Waals surface area contributed by atoms with E-state index in [1.807, 2.05) is 6.07 Å². The third-order valence-corrected chi connectivity index (χ3v) is 3.73. The first kappa shape index (κ1) is 10.0. The van der Waals surface area contributed by atoms with Crippen molar-refractivity contribution >= 4 is 39.5 Å². The molecule has 14 heavy (non-hydrogen) atoms. The minimum Gasteiger partial charge on any atom is -0.242 e. The van der Waals surface area contributed by atoms with Gasteiger partial charge in [-0.15, -0.1) is 11.3 Å². The number of hydrogen-bond acceptors (Lipinski definition) is 4. The first-order valence-electron chi connectivity index (χ1n) is 3.98. The standard InChI is InChI=1S/C7H7BrN4S2/c8-6-2-1-5(14-6)3-4-12-7(13)9-10-11-12/h1-2H,3-4H2,(H,9,11,13). The Labute approximate surface area is 98.1 Å². The molecule has 2 aromatic rings. The second-order valence-electron chi connectivity index (χ2n) is 2.69. The van der Waals surface area contributed by atoms with Gasteiger partial charge in [0.1, 0.15) is 0 Å². The van der Waals surface area contributed by atoms with Gasteiger partial charge in [-0.3, -0.25) is 0 Å². The third-order valence-electron chi connectivity index (χ3n) is 1.74. The summed E-state index contributed by atoms with van der Waals surface area (Å²) in [4.78, 5) is 1.31. The Balaban J connectivity index is 2.01. The van der Waals surface area contributed by atoms with Crippen molar-refractivity contribution in [3.8, 4) is 0 Å². The molecule has 0 unspecified atom stereocenters. The number of nitrogens with zero attached hydrogens (tertiary/aromatic N) is 3. The van der Waals surface area contributed by atoms with Crippen LogP contribution in [0, 0.1) is 4.77 Å². The summed E-state index contributed by atoms with van der Waals surface area (Å²) >= 11 is 10.1. The van der Waals surface area contributed by atoms with Crippen molar-refractivity contribution < 1.29 is 0 Å². The minimum atomic E-state index is 0.501. The maximum Gasteiger partial charge on any atom is 0.238 e. The Morgan fingerprint density at radius 3 is 3.00 bits per heavy atom. The van der Waals surface area contributed by atoms with E-state index >= 15 is 0 Å². The predicted molar refractivity (Wildman–Crippen MR) is 60.9 cm³/mol. The third kappa shape index (κ3) is 2.28. The Bertz CT molecular complexity index is 472. The van der Waals surface area contributed by atoms with Crippen LogP contribution in [0.15, 0.2) is 15.9 Å². The van der Waals surface area contributed by atoms with Crippen molar-refractivity contribution in [1.82, 2.24) is 20.2 Å². The van der Waals surface area contributed by atoms with Crippen molar-refractivity contribution in [2.75, 3.05) is 0 Å². The van der Waals surface area contributed by atoms with Gasteiger partial charge in [0.15, 0.2) is 0 Å². The van der Waals surface area contributed by atoms with Gasteiger partial charge in [-0.1, -0.05) is 10.3 Å². The Hall–Kier alpha value is -0.530. The number of rotatable bonds is 3. The summed E-state index contributed by atoms with van der Waals surface area (Å²) in [5.41, 5.74) is 0. The van der Waals surface area contributed by atoms with Gasteiger partial charge in [-0.2, -0.15) is 5.21 Å². The van der Waals surface area contributed by atoms with Gasteiger partial charge in [0.05, 0.1) is 3.79 Å². The highest BCUT2D eigenvalue weighted by molar-refractivity contribution is 9.11. The first-order chi connectivity index (χ1) is 6.75. The highest BCUT2D eigenvalue weighted by Crippen LogP contribution is 2.22. The lowest BCUT2D eigenvalue weighted by Gasteiger charge is -1.97. The maximum atomic E-state index is 4.96. The van der Waals surface area contributed by atoms with E-state index < -0.39 is 0 Å². The summed E-state index contributed by atoms with van der Waals surface area (Å²) in [5.74, 6) is 0. The number of hydrogen-bond donors (Lipinski definition) is 1. The van der Waals surface area contributed by atoms with E-state index in [0.717, 1.165) is 16.8 Å². The molecular formula is C7H7BrN4S2. The molecule has 0 fully saturated rings. The largest absolute Gasteiger partial charge is 0.242 e. The number of aryl methyl sites for hydroxylation is 2. The van der Waals surface area contributed by atoms with E-state index in [-0.39, 0.29) is 0 Å². The van der Waals surface area contributed by atoms with Crippen molar-refractivity contribution in [1.29, 1.82) is 0 Å². The van der Waals surface area contributed by atoms with Crippen LogP contribution in [0.25, 0.3) is 0 Å². The number of tetrazole rings is 1. The van der Waals surface area contributed by atoms with Crippen LogP contribution in [0.1, 0.15) is 4.88 Å². The van der Waals surface area contributed by atoms with Gasteiger partial charge in [0, 0.05) is 17.8 Å². The van der Waals surface area contributed by atoms with Crippen LogP contribution >= 0.6 is 39.5 Å². The van der Waals surface area contributed by atoms with Crippen LogP contribution in [0.2, 0.25) is 0 Å². The molecule has 0 aromatic carbocycles. The van der Waals surface area contributed by atoms with E-state index in [9.17, 15) is 0 Å². The van der Waals surface area contributed by atoms with Crippen LogP contribution in [0.3, 0.4) is 0 Å². The minimum absolute atomic E-state index is 0.501. The lowest BCUT2D eigenvalue weighted by Crippen LogP contribution is -2.02. The lowest BCUT2D eigenvalue weighted by atomic mass is 10.3. The van der Waals surface area contributed by atoms with Crippen molar-refractivity contribution in [3.63, 3.8) is 0 Å². The quantitative estimate of drug-likeness (QED) is 0.883. The zero-order valence-corrected chi connectivity index (χ0v) is 10.3. The molecule has 0 aliphatic carbocycles. The number of aromatic amines is 1. The molecule has 2 rings (SSSR count). The molecule has 0 atom stereocenters. The molecule has 0 aliphatic heterocycles. The van der Waals surface area contributed by atoms with E-state index in [2.05, 4.69) is 37.5 Å². The molecular weight excluding hydrogens is 284 g/mol. The summed E-state index contributed by atoms with van der Waals surface area (Å²) in [6.07, 6.45) is 0.939. The fraction of sp³-hybridized carbons (Fsp3) is 0.286. The second-order valence-corrected chi connectivity index (χ2v) is 5.60. The fourth-order valence-corrected chi connectivity index (χ4v) is 2.71. The lowest BCUT2D eigenvalue weighted by molar-refractivity contribution is 0.586. The molecule has 1 N–H and O–H groups in total. The van der Waals surface area contributed by atoms with E-state index in [0.29, 0.717) is 4.77 Å². The van der Waals surface area contributed by atoms with Crippen molar-refractivity contribution in [3.05, 3.63) is 25.6 Å². The molecule has 2 heterocycles. The van der Waals surface area contributed by atoms with Gasteiger partial charge >= 0.3 is 0 Å². The van der Waals surface area contributed by atoms with Crippen molar-refractivity contribution in [2.24, 2.45) is 0 Å². The number of thiophene rings is 1. The SMILES string of the molecule is S=c1nn[nH]n1CCc1ccc(Br)s1. The molecule has 2 aromatic heterocycles. The molecule has 0 spiro atoms. The summed E-state index contributed by atoms with van der Waals surface area (Å²) < 4.78 is 3.41. The maximum absolute atomic E-state index is 4.96. The van der Waals surface area contributed by atoms with Gasteiger partial charge in [0.25, 0.3) is 0 Å². The van der Waals surface area contributed by atoms with Crippen LogP contribution in [-0.2, 0) is 13.0 Å². The second kappa shape index (κ2) is 4.33. The number of nitrogens with one attached hydrogen (secondary N) is 1. The Morgan fingerprint density at radius 2 is 2.43 bits per heavy atom. The highest BCUT2D eigenvalue weighted by Gasteiger charge is 1.99. The topological polar surface area (TPSA) is 46.5 Å². The Morgan fingerprint density at radius 1 is 1.57 bits per heavy atom. The molecule has 0 saturated carbocycles. The summed E-state index contributed by atoms with van der Waals surface area (Å²) in [5, 5.41) is 10.0. The van der Waals surface area contributed by atoms with Gasteiger partial charge in [-0.05, 0) is 40.3 Å². The zero-order valence-electron chi connectivity index (χ0n) is 7.11. The van der Waals surface area contributed by atoms with E-state index in [4.69, 9.17) is 12.2 Å². The van der Waals surface area contributed by atoms with Crippen molar-refractivity contribution in [2.45, 2.75) is 13.0 Å². The molecule has 74 valence electrons. The van der Waals surface area contributed by atoms with Crippen LogP contribution in [0.5, 0.6) is 0 Å². The van der Waals surface area contributed by atoms with Crippen LogP contribution in [-0.4, -0.2) is 20.2 Å². The first-order valence-corrected chi connectivity index (χ1v) is 5.99. The average molecular weight is 291 g/mol. The normalized spacial score (nSPS) is 10.6. The van der Waals surface area contributed by atoms with Crippen LogP contribution in [0.4, 0.5) is 0 Å². The molecule has 0 bridgehead atoms. The molecule has 7 heteroatoms. The number of aromatic nitrogens is 4. The number of H-pyrrole nitrogens is 1. The van der Waals surface area contributed by atoms with Crippen LogP contribution < -0.4 is 0 Å². The molecule has 4 nitrogen and oxygen atoms in total. The highest BCUT2D eigenvalue weighted by atomic mass is 79.9. The molecule has 0 amide bonds. The zero-order chi connectivity index (χ0) is 9.97. The number of halogens is 1. The van der Waals surface area contributed by atoms with E-state index in [1.54, 1.807) is 16.0 Å². The smallest absolute Gasteiger partial charge is 0.238 e. The molecule has 0 saturated heterocycles. The summed E-state index contributed by atoms with van der Waals surface area (Å²) in [7, 11) is 0. The monoisotopic (exact) mass is 290 g/mol. The summed E-state index contributed by atoms with van der Waals surface area (Å²) in [6.45, 7) is 0.790. The van der Waals surface area contributed by atoms with Gasteiger partial charge < -0.3 is 0 Å². The van der Waals surface area contributed by atoms with Gasteiger partial charge in [0.2, 0.25) is 4.77 Å². The fourth-order valence-electron chi connectivity index (χ4n) is 1.07. The van der Waals surface area contributed by atoms with Gasteiger partial charge in [-0.25, -0.2) is 4.68 Å². The molecule has 0 aliphatic rings. The Kier molecular flexibility index (Phi) is 3.09. The van der Waals surface area contributed by atoms with E-state index in [1.165, 1.54) is 4.88 Å². The average Bonchev–Trinajstić information content (AvgIpc) is 2.72.